The molecule has 0 spiro atoms. The number of carbonyl (C=O) groups is 1. The van der Waals surface area contributed by atoms with Crippen LogP contribution in [0.4, 0.5) is 0 Å². The molecule has 0 aromatic carbocycles. The number of aromatic nitrogens is 3. The van der Waals surface area contributed by atoms with Crippen molar-refractivity contribution in [3.63, 3.8) is 0 Å². The summed E-state index contributed by atoms with van der Waals surface area (Å²) in [5.74, 6) is 0.479. The number of piperidine rings is 1. The van der Waals surface area contributed by atoms with Gasteiger partial charge in [0.05, 0.1) is 12.2 Å². The van der Waals surface area contributed by atoms with Gasteiger partial charge in [0.1, 0.15) is 0 Å². The van der Waals surface area contributed by atoms with E-state index < -0.39 is 0 Å². The molecule has 1 fully saturated rings. The third-order valence-corrected chi connectivity index (χ3v) is 4.23. The molecule has 0 saturated carbocycles. The number of H-pyrrole nitrogens is 1. The van der Waals surface area contributed by atoms with Gasteiger partial charge in [-0.1, -0.05) is 6.07 Å². The molecule has 3 rings (SSSR count). The first-order chi connectivity index (χ1) is 11.2. The molecule has 6 nitrogen and oxygen atoms in total. The van der Waals surface area contributed by atoms with Gasteiger partial charge in [0.25, 0.3) is 0 Å². The van der Waals surface area contributed by atoms with Crippen molar-refractivity contribution in [2.24, 2.45) is 0 Å². The summed E-state index contributed by atoms with van der Waals surface area (Å²) in [4.78, 5) is 18.4. The van der Waals surface area contributed by atoms with Crippen molar-refractivity contribution >= 4 is 5.91 Å². The maximum atomic E-state index is 12.1. The molecule has 1 atom stereocenters. The Morgan fingerprint density at radius 3 is 3.17 bits per heavy atom. The van der Waals surface area contributed by atoms with E-state index in [1.165, 1.54) is 0 Å². The van der Waals surface area contributed by atoms with Crippen molar-refractivity contribution in [1.29, 1.82) is 0 Å². The number of rotatable bonds is 5. The van der Waals surface area contributed by atoms with Gasteiger partial charge in [-0.2, -0.15) is 5.10 Å². The molecule has 6 heteroatoms. The molecule has 0 radical (unpaired) electrons. The predicted octanol–water partition coefficient (Wildman–Crippen LogP) is 1.61. The Labute approximate surface area is 136 Å². The second-order valence-electron chi connectivity index (χ2n) is 6.19. The van der Waals surface area contributed by atoms with Gasteiger partial charge in [-0.25, -0.2) is 0 Å². The van der Waals surface area contributed by atoms with Gasteiger partial charge in [0, 0.05) is 37.1 Å². The molecule has 1 saturated heterocycles. The number of pyridine rings is 1. The van der Waals surface area contributed by atoms with Gasteiger partial charge in [0.15, 0.2) is 0 Å². The lowest BCUT2D eigenvalue weighted by Crippen LogP contribution is -2.41. The van der Waals surface area contributed by atoms with E-state index in [0.29, 0.717) is 19.0 Å². The van der Waals surface area contributed by atoms with E-state index in [0.717, 1.165) is 42.9 Å². The standard InChI is InChI=1S/C17H23N5O/c1-13-8-16(21-20-13)15-5-3-7-22(11-15)12-17(23)19-10-14-4-2-6-18-9-14/h2,4,6,8-9,15H,3,5,7,10-12H2,1H3,(H,19,23)(H,20,21)/t15-/m1/s1. The van der Waals surface area contributed by atoms with Crippen LogP contribution in [0.3, 0.4) is 0 Å². The van der Waals surface area contributed by atoms with Crippen LogP contribution in [0.15, 0.2) is 30.6 Å². The molecule has 0 unspecified atom stereocenters. The molecular weight excluding hydrogens is 290 g/mol. The first-order valence-electron chi connectivity index (χ1n) is 8.10. The zero-order chi connectivity index (χ0) is 16.1. The largest absolute Gasteiger partial charge is 0.351 e. The van der Waals surface area contributed by atoms with Crippen molar-refractivity contribution in [1.82, 2.24) is 25.4 Å². The highest BCUT2D eigenvalue weighted by atomic mass is 16.2. The highest BCUT2D eigenvalue weighted by Gasteiger charge is 2.24. The minimum Gasteiger partial charge on any atom is -0.351 e. The van der Waals surface area contributed by atoms with Crippen molar-refractivity contribution in [3.05, 3.63) is 47.5 Å². The lowest BCUT2D eigenvalue weighted by molar-refractivity contribution is -0.122. The summed E-state index contributed by atoms with van der Waals surface area (Å²) >= 11 is 0. The first kappa shape index (κ1) is 15.7. The third-order valence-electron chi connectivity index (χ3n) is 4.23. The number of hydrogen-bond donors (Lipinski definition) is 2. The molecule has 0 aliphatic carbocycles. The summed E-state index contributed by atoms with van der Waals surface area (Å²) in [5.41, 5.74) is 3.22. The lowest BCUT2D eigenvalue weighted by Gasteiger charge is -2.31. The van der Waals surface area contributed by atoms with Crippen molar-refractivity contribution in [2.45, 2.75) is 32.2 Å². The summed E-state index contributed by atoms with van der Waals surface area (Å²) in [6.07, 6.45) is 5.75. The van der Waals surface area contributed by atoms with Gasteiger partial charge < -0.3 is 5.32 Å². The number of nitrogens with one attached hydrogen (secondary N) is 2. The van der Waals surface area contributed by atoms with Crippen LogP contribution in [0.2, 0.25) is 0 Å². The molecule has 3 heterocycles. The monoisotopic (exact) mass is 313 g/mol. The molecule has 122 valence electrons. The van der Waals surface area contributed by atoms with Gasteiger partial charge in [-0.3, -0.25) is 19.8 Å². The summed E-state index contributed by atoms with van der Waals surface area (Å²) < 4.78 is 0. The van der Waals surface area contributed by atoms with Crippen LogP contribution in [0.5, 0.6) is 0 Å². The van der Waals surface area contributed by atoms with Crippen molar-refractivity contribution < 1.29 is 4.79 Å². The minimum absolute atomic E-state index is 0.0627. The fourth-order valence-electron chi connectivity index (χ4n) is 3.05. The number of amides is 1. The van der Waals surface area contributed by atoms with Gasteiger partial charge in [0.2, 0.25) is 5.91 Å². The Balaban J connectivity index is 1.48. The third kappa shape index (κ3) is 4.39. The van der Waals surface area contributed by atoms with E-state index in [9.17, 15) is 4.79 Å². The highest BCUT2D eigenvalue weighted by molar-refractivity contribution is 5.78. The average molecular weight is 313 g/mol. The molecule has 2 aromatic heterocycles. The molecule has 23 heavy (non-hydrogen) atoms. The normalized spacial score (nSPS) is 18.7. The van der Waals surface area contributed by atoms with E-state index in [2.05, 4.69) is 31.5 Å². The molecule has 2 aromatic rings. The van der Waals surface area contributed by atoms with E-state index in [4.69, 9.17) is 0 Å². The summed E-state index contributed by atoms with van der Waals surface area (Å²) in [5, 5.41) is 10.3. The van der Waals surface area contributed by atoms with Crippen LogP contribution < -0.4 is 5.32 Å². The molecule has 1 aliphatic heterocycles. The smallest absolute Gasteiger partial charge is 0.234 e. The Bertz CT molecular complexity index is 639. The van der Waals surface area contributed by atoms with Gasteiger partial charge >= 0.3 is 0 Å². The summed E-state index contributed by atoms with van der Waals surface area (Å²) in [6.45, 7) is 4.86. The number of carbonyl (C=O) groups excluding carboxylic acids is 1. The number of likely N-dealkylation sites (tertiary alicyclic amines) is 1. The quantitative estimate of drug-likeness (QED) is 0.879. The Morgan fingerprint density at radius 2 is 2.43 bits per heavy atom. The fourth-order valence-corrected chi connectivity index (χ4v) is 3.05. The second kappa shape index (κ2) is 7.37. The van der Waals surface area contributed by atoms with E-state index in [1.807, 2.05) is 19.1 Å². The zero-order valence-corrected chi connectivity index (χ0v) is 13.5. The predicted molar refractivity (Wildman–Crippen MR) is 87.8 cm³/mol. The second-order valence-corrected chi connectivity index (χ2v) is 6.19. The van der Waals surface area contributed by atoms with Crippen LogP contribution in [-0.2, 0) is 11.3 Å². The highest BCUT2D eigenvalue weighted by Crippen LogP contribution is 2.25. The Morgan fingerprint density at radius 1 is 1.52 bits per heavy atom. The maximum absolute atomic E-state index is 12.1. The van der Waals surface area contributed by atoms with Crippen LogP contribution >= 0.6 is 0 Å². The molecule has 1 aliphatic rings. The number of aryl methyl sites for hydroxylation is 1. The van der Waals surface area contributed by atoms with Crippen LogP contribution in [0, 0.1) is 6.92 Å². The van der Waals surface area contributed by atoms with Gasteiger partial charge in [-0.15, -0.1) is 0 Å². The number of aromatic amines is 1. The number of nitrogens with zero attached hydrogens (tertiary/aromatic N) is 3. The topological polar surface area (TPSA) is 73.9 Å². The molecule has 1 amide bonds. The molecule has 0 bridgehead atoms. The minimum atomic E-state index is 0.0627. The van der Waals surface area contributed by atoms with Crippen molar-refractivity contribution in [3.8, 4) is 0 Å². The molecular formula is C17H23N5O. The van der Waals surface area contributed by atoms with E-state index >= 15 is 0 Å². The van der Waals surface area contributed by atoms with Crippen molar-refractivity contribution in [2.75, 3.05) is 19.6 Å². The number of hydrogen-bond acceptors (Lipinski definition) is 4. The summed E-state index contributed by atoms with van der Waals surface area (Å²) in [6, 6.07) is 5.95. The molecule has 2 N–H and O–H groups in total. The first-order valence-corrected chi connectivity index (χ1v) is 8.10. The van der Waals surface area contributed by atoms with Crippen LogP contribution in [0.25, 0.3) is 0 Å². The zero-order valence-electron chi connectivity index (χ0n) is 13.5. The lowest BCUT2D eigenvalue weighted by atomic mass is 9.94. The van der Waals surface area contributed by atoms with Gasteiger partial charge in [-0.05, 0) is 44.0 Å². The van der Waals surface area contributed by atoms with Crippen LogP contribution in [-0.4, -0.2) is 45.6 Å². The fraction of sp³-hybridized carbons (Fsp3) is 0.471. The van der Waals surface area contributed by atoms with E-state index in [1.54, 1.807) is 12.4 Å². The Hall–Kier alpha value is -2.21. The summed E-state index contributed by atoms with van der Waals surface area (Å²) in [7, 11) is 0. The Kier molecular flexibility index (Phi) is 5.02. The average Bonchev–Trinajstić information content (AvgIpc) is 3.01. The van der Waals surface area contributed by atoms with E-state index in [-0.39, 0.29) is 5.91 Å². The maximum Gasteiger partial charge on any atom is 0.234 e. The SMILES string of the molecule is Cc1cc([C@@H]2CCCN(CC(=O)NCc3cccnc3)C2)n[nH]1. The van der Waals surface area contributed by atoms with Crippen LogP contribution in [0.1, 0.15) is 35.7 Å².